The van der Waals surface area contributed by atoms with E-state index in [0.717, 1.165) is 36.4 Å². The van der Waals surface area contributed by atoms with Gasteiger partial charge in [-0.05, 0) is 54.9 Å². The lowest BCUT2D eigenvalue weighted by molar-refractivity contribution is -0.142. The molecule has 1 aliphatic rings. The molecule has 0 spiro atoms. The van der Waals surface area contributed by atoms with Gasteiger partial charge in [0.15, 0.2) is 11.0 Å². The van der Waals surface area contributed by atoms with Crippen LogP contribution in [0.2, 0.25) is 5.22 Å². The molecule has 0 saturated carbocycles. The van der Waals surface area contributed by atoms with Gasteiger partial charge < -0.3 is 14.5 Å². The van der Waals surface area contributed by atoms with Crippen molar-refractivity contribution in [1.82, 2.24) is 5.32 Å². The summed E-state index contributed by atoms with van der Waals surface area (Å²) in [5.41, 5.74) is -2.63. The van der Waals surface area contributed by atoms with Crippen molar-refractivity contribution in [3.05, 3.63) is 88.3 Å². The van der Waals surface area contributed by atoms with Crippen LogP contribution in [0.1, 0.15) is 24.3 Å². The van der Waals surface area contributed by atoms with Crippen LogP contribution in [0.25, 0.3) is 0 Å². The normalized spacial score (nSPS) is 19.2. The van der Waals surface area contributed by atoms with Crippen LogP contribution in [0.4, 0.5) is 23.2 Å². The first-order valence-corrected chi connectivity index (χ1v) is 10.8. The van der Waals surface area contributed by atoms with Gasteiger partial charge in [0.25, 0.3) is 0 Å². The maximum Gasteiger partial charge on any atom is 0.325 e. The van der Waals surface area contributed by atoms with E-state index in [2.05, 4.69) is 15.2 Å². The quantitative estimate of drug-likeness (QED) is 0.372. The Hall–Kier alpha value is -3.86. The number of hydrogen-bond acceptors (Lipinski definition) is 6. The fraction of sp³-hybridized carbons (Fsp3) is 0.208. The van der Waals surface area contributed by atoms with E-state index in [4.69, 9.17) is 16.0 Å². The minimum absolute atomic E-state index is 0.0284. The molecule has 0 bridgehead atoms. The van der Waals surface area contributed by atoms with Crippen molar-refractivity contribution in [2.75, 3.05) is 18.7 Å². The molecular weight excluding hydrogens is 506 g/mol. The van der Waals surface area contributed by atoms with E-state index in [0.29, 0.717) is 12.1 Å². The molecule has 12 heteroatoms. The Morgan fingerprint density at radius 1 is 1.08 bits per heavy atom. The van der Waals surface area contributed by atoms with Crippen LogP contribution < -0.4 is 10.3 Å². The molecule has 1 N–H and O–H groups in total. The Morgan fingerprint density at radius 2 is 1.75 bits per heavy atom. The van der Waals surface area contributed by atoms with E-state index >= 15 is 0 Å². The van der Waals surface area contributed by atoms with Gasteiger partial charge in [0.2, 0.25) is 5.91 Å². The van der Waals surface area contributed by atoms with Crippen LogP contribution in [0.15, 0.2) is 58.0 Å². The molecule has 0 aliphatic carbocycles. The predicted molar refractivity (Wildman–Crippen MR) is 121 cm³/mol. The van der Waals surface area contributed by atoms with Crippen molar-refractivity contribution in [2.24, 2.45) is 10.5 Å². The molecule has 0 fully saturated rings. The summed E-state index contributed by atoms with van der Waals surface area (Å²) in [6, 6.07) is 6.81. The summed E-state index contributed by atoms with van der Waals surface area (Å²) < 4.78 is 67.3. The van der Waals surface area contributed by atoms with Crippen LogP contribution in [0, 0.1) is 28.7 Å². The molecule has 1 aromatic heterocycles. The summed E-state index contributed by atoms with van der Waals surface area (Å²) in [5.74, 6) is -5.38. The Kier molecular flexibility index (Phi) is 6.77. The van der Waals surface area contributed by atoms with Crippen molar-refractivity contribution >= 4 is 34.9 Å². The van der Waals surface area contributed by atoms with Gasteiger partial charge in [-0.15, -0.1) is 0 Å². The van der Waals surface area contributed by atoms with Gasteiger partial charge in [-0.3, -0.25) is 14.6 Å². The van der Waals surface area contributed by atoms with E-state index in [1.165, 1.54) is 19.1 Å². The molecule has 3 aromatic rings. The molecule has 2 atom stereocenters. The fourth-order valence-corrected chi connectivity index (χ4v) is 4.19. The van der Waals surface area contributed by atoms with Crippen LogP contribution in [0.3, 0.4) is 0 Å². The summed E-state index contributed by atoms with van der Waals surface area (Å²) in [5, 5.41) is 7.71. The standard InChI is InChI=1S/C24H18ClF4N3O4/c1-24(23(34)30-11-20(33)35-2)21(14-5-3-12(26)9-15(14)28)31-32(17-6-4-13(27)10-16(17)29)22(24)18-7-8-19(25)36-18/h3-10,22H,11H2,1-2H3,(H,30,34). The molecule has 1 aliphatic heterocycles. The summed E-state index contributed by atoms with van der Waals surface area (Å²) >= 11 is 5.97. The van der Waals surface area contributed by atoms with Gasteiger partial charge in [-0.1, -0.05) is 0 Å². The van der Waals surface area contributed by atoms with Crippen molar-refractivity contribution in [2.45, 2.75) is 13.0 Å². The number of carbonyl (C=O) groups excluding carboxylic acids is 2. The number of esters is 1. The second-order valence-electron chi connectivity index (χ2n) is 8.02. The van der Waals surface area contributed by atoms with E-state index < -0.39 is 53.1 Å². The molecule has 2 heterocycles. The lowest BCUT2D eigenvalue weighted by atomic mass is 9.74. The van der Waals surface area contributed by atoms with Crippen molar-refractivity contribution in [3.63, 3.8) is 0 Å². The molecule has 4 rings (SSSR count). The summed E-state index contributed by atoms with van der Waals surface area (Å²) in [6.07, 6.45) is 0. The molecule has 1 amide bonds. The highest BCUT2D eigenvalue weighted by molar-refractivity contribution is 6.28. The van der Waals surface area contributed by atoms with Gasteiger partial charge in [-0.25, -0.2) is 17.6 Å². The number of nitrogens with zero attached hydrogens (tertiary/aromatic N) is 2. The Bertz CT molecular complexity index is 1380. The highest BCUT2D eigenvalue weighted by Gasteiger charge is 2.57. The smallest absolute Gasteiger partial charge is 0.325 e. The third kappa shape index (κ3) is 4.41. The van der Waals surface area contributed by atoms with Crippen molar-refractivity contribution in [1.29, 1.82) is 0 Å². The van der Waals surface area contributed by atoms with Gasteiger partial charge in [0.1, 0.15) is 41.2 Å². The number of hydrazone groups is 1. The minimum Gasteiger partial charge on any atom is -0.468 e. The molecule has 7 nitrogen and oxygen atoms in total. The zero-order valence-corrected chi connectivity index (χ0v) is 19.6. The number of methoxy groups -OCH3 is 1. The first-order chi connectivity index (χ1) is 17.1. The second kappa shape index (κ2) is 9.65. The molecule has 2 aromatic carbocycles. The number of rotatable bonds is 6. The molecule has 0 radical (unpaired) electrons. The number of furan rings is 1. The lowest BCUT2D eigenvalue weighted by Crippen LogP contribution is -2.49. The number of amides is 1. The molecule has 2 unspecified atom stereocenters. The molecule has 188 valence electrons. The summed E-state index contributed by atoms with van der Waals surface area (Å²) in [6.45, 7) is 0.824. The maximum atomic E-state index is 15.0. The summed E-state index contributed by atoms with van der Waals surface area (Å²) in [4.78, 5) is 25.3. The highest BCUT2D eigenvalue weighted by Crippen LogP contribution is 2.50. The lowest BCUT2D eigenvalue weighted by Gasteiger charge is -2.33. The molecular formula is C24H18ClF4N3O4. The number of nitrogens with one attached hydrogen (secondary N) is 1. The SMILES string of the molecule is COC(=O)CNC(=O)C1(C)C(c2ccc(F)cc2F)=NN(c2ccc(F)cc2F)C1c1ccc(Cl)o1. The van der Waals surface area contributed by atoms with Crippen LogP contribution >= 0.6 is 11.6 Å². The average Bonchev–Trinajstić information content (AvgIpc) is 3.38. The number of halogens is 5. The third-order valence-electron chi connectivity index (χ3n) is 5.79. The number of anilines is 1. The van der Waals surface area contributed by atoms with Crippen LogP contribution in [0.5, 0.6) is 0 Å². The molecule has 36 heavy (non-hydrogen) atoms. The van der Waals surface area contributed by atoms with Gasteiger partial charge in [0, 0.05) is 17.7 Å². The monoisotopic (exact) mass is 523 g/mol. The minimum atomic E-state index is -1.87. The third-order valence-corrected chi connectivity index (χ3v) is 5.99. The van der Waals surface area contributed by atoms with Gasteiger partial charge >= 0.3 is 5.97 Å². The molecule has 0 saturated heterocycles. The van der Waals surface area contributed by atoms with Crippen molar-refractivity contribution in [3.8, 4) is 0 Å². The Balaban J connectivity index is 1.96. The topological polar surface area (TPSA) is 84.1 Å². The van der Waals surface area contributed by atoms with E-state index in [-0.39, 0.29) is 27.9 Å². The first kappa shape index (κ1) is 25.2. The zero-order chi connectivity index (χ0) is 26.2. The average molecular weight is 524 g/mol. The number of hydrogen-bond donors (Lipinski definition) is 1. The Labute approximate surface area is 207 Å². The van der Waals surface area contributed by atoms with E-state index in [9.17, 15) is 27.2 Å². The van der Waals surface area contributed by atoms with Gasteiger partial charge in [-0.2, -0.15) is 5.10 Å². The summed E-state index contributed by atoms with van der Waals surface area (Å²) in [7, 11) is 1.12. The van der Waals surface area contributed by atoms with Gasteiger partial charge in [0.05, 0.1) is 18.5 Å². The number of benzene rings is 2. The van der Waals surface area contributed by atoms with Crippen molar-refractivity contribution < 1.29 is 36.3 Å². The van der Waals surface area contributed by atoms with Crippen LogP contribution in [-0.4, -0.2) is 31.2 Å². The second-order valence-corrected chi connectivity index (χ2v) is 8.39. The Morgan fingerprint density at radius 3 is 2.33 bits per heavy atom. The first-order valence-electron chi connectivity index (χ1n) is 10.5. The largest absolute Gasteiger partial charge is 0.468 e. The van der Waals surface area contributed by atoms with E-state index in [1.807, 2.05) is 0 Å². The van der Waals surface area contributed by atoms with Crippen LogP contribution in [-0.2, 0) is 14.3 Å². The highest BCUT2D eigenvalue weighted by atomic mass is 35.5. The number of carbonyl (C=O) groups is 2. The maximum absolute atomic E-state index is 15.0. The fourth-order valence-electron chi connectivity index (χ4n) is 4.04. The van der Waals surface area contributed by atoms with E-state index in [1.54, 1.807) is 0 Å². The zero-order valence-electron chi connectivity index (χ0n) is 18.8. The predicted octanol–water partition coefficient (Wildman–Crippen LogP) is 4.75. The number of ether oxygens (including phenoxy) is 1.